The van der Waals surface area contributed by atoms with Crippen molar-refractivity contribution in [3.05, 3.63) is 23.8 Å². The molecule has 114 valence electrons. The van der Waals surface area contributed by atoms with Gasteiger partial charge in [-0.05, 0) is 18.5 Å². The van der Waals surface area contributed by atoms with E-state index in [1.807, 2.05) is 18.2 Å². The third-order valence-corrected chi connectivity index (χ3v) is 3.09. The van der Waals surface area contributed by atoms with E-state index < -0.39 is 0 Å². The molecule has 1 unspecified atom stereocenters. The Kier molecular flexibility index (Phi) is 5.84. The number of likely N-dealkylation sites (N-methyl/N-ethyl adjacent to an activating group) is 1. The zero-order chi connectivity index (χ0) is 15.3. The molecule has 0 aliphatic heterocycles. The van der Waals surface area contributed by atoms with E-state index >= 15 is 0 Å². The summed E-state index contributed by atoms with van der Waals surface area (Å²) in [4.78, 5) is 2.26. The van der Waals surface area contributed by atoms with Crippen molar-refractivity contribution in [2.24, 2.45) is 11.1 Å². The molecule has 0 saturated heterocycles. The predicted molar refractivity (Wildman–Crippen MR) is 83.4 cm³/mol. The summed E-state index contributed by atoms with van der Waals surface area (Å²) in [6.45, 7) is 8.47. The van der Waals surface area contributed by atoms with Gasteiger partial charge in [-0.25, -0.2) is 0 Å². The summed E-state index contributed by atoms with van der Waals surface area (Å²) in [7, 11) is 5.40. The SMILES string of the molecule is COc1ccc(C(N)CN(C)CC(C)(C)C)c(OC)c1. The molecule has 0 spiro atoms. The Morgan fingerprint density at radius 3 is 2.35 bits per heavy atom. The van der Waals surface area contributed by atoms with Crippen molar-refractivity contribution in [1.29, 1.82) is 0 Å². The highest BCUT2D eigenvalue weighted by atomic mass is 16.5. The highest BCUT2D eigenvalue weighted by molar-refractivity contribution is 5.42. The summed E-state index contributed by atoms with van der Waals surface area (Å²) in [5, 5.41) is 0. The Labute approximate surface area is 122 Å². The zero-order valence-corrected chi connectivity index (χ0v) is 13.6. The zero-order valence-electron chi connectivity index (χ0n) is 13.6. The first-order chi connectivity index (χ1) is 9.26. The Hall–Kier alpha value is -1.26. The molecule has 0 aromatic heterocycles. The Bertz CT molecular complexity index is 427. The quantitative estimate of drug-likeness (QED) is 0.870. The lowest BCUT2D eigenvalue weighted by molar-refractivity contribution is 0.216. The minimum absolute atomic E-state index is 0.0804. The van der Waals surface area contributed by atoms with E-state index in [0.717, 1.165) is 30.2 Å². The number of nitrogens with zero attached hydrogens (tertiary/aromatic N) is 1. The maximum atomic E-state index is 6.32. The predicted octanol–water partition coefficient (Wildman–Crippen LogP) is 2.68. The molecule has 4 nitrogen and oxygen atoms in total. The summed E-state index contributed by atoms with van der Waals surface area (Å²) >= 11 is 0. The van der Waals surface area contributed by atoms with Gasteiger partial charge in [-0.15, -0.1) is 0 Å². The molecule has 0 radical (unpaired) electrons. The summed E-state index contributed by atoms with van der Waals surface area (Å²) in [5.74, 6) is 1.56. The molecule has 0 fully saturated rings. The van der Waals surface area contributed by atoms with E-state index in [4.69, 9.17) is 15.2 Å². The van der Waals surface area contributed by atoms with Gasteiger partial charge in [0.15, 0.2) is 0 Å². The van der Waals surface area contributed by atoms with Crippen LogP contribution in [0.5, 0.6) is 11.5 Å². The van der Waals surface area contributed by atoms with E-state index in [9.17, 15) is 0 Å². The van der Waals surface area contributed by atoms with Crippen LogP contribution in [0.4, 0.5) is 0 Å². The standard InChI is InChI=1S/C16H28N2O2/c1-16(2,3)11-18(4)10-14(17)13-8-7-12(19-5)9-15(13)20-6/h7-9,14H,10-11,17H2,1-6H3. The van der Waals surface area contributed by atoms with Crippen molar-refractivity contribution >= 4 is 0 Å². The molecule has 0 amide bonds. The van der Waals surface area contributed by atoms with Crippen molar-refractivity contribution < 1.29 is 9.47 Å². The van der Waals surface area contributed by atoms with E-state index in [-0.39, 0.29) is 11.5 Å². The van der Waals surface area contributed by atoms with Gasteiger partial charge in [0, 0.05) is 30.8 Å². The van der Waals surface area contributed by atoms with Crippen molar-refractivity contribution in [1.82, 2.24) is 4.90 Å². The second-order valence-corrected chi connectivity index (χ2v) is 6.47. The van der Waals surface area contributed by atoms with Crippen LogP contribution in [0.3, 0.4) is 0 Å². The molecule has 0 bridgehead atoms. The molecule has 0 aliphatic carbocycles. The van der Waals surface area contributed by atoms with Gasteiger partial charge in [-0.2, -0.15) is 0 Å². The number of benzene rings is 1. The number of nitrogens with two attached hydrogens (primary N) is 1. The number of hydrogen-bond acceptors (Lipinski definition) is 4. The fraction of sp³-hybridized carbons (Fsp3) is 0.625. The third-order valence-electron chi connectivity index (χ3n) is 3.09. The summed E-state index contributed by atoms with van der Waals surface area (Å²) in [6.07, 6.45) is 0. The van der Waals surface area contributed by atoms with Gasteiger partial charge in [0.05, 0.1) is 14.2 Å². The van der Waals surface area contributed by atoms with Crippen LogP contribution in [-0.2, 0) is 0 Å². The van der Waals surface area contributed by atoms with Crippen molar-refractivity contribution in [2.45, 2.75) is 26.8 Å². The highest BCUT2D eigenvalue weighted by Gasteiger charge is 2.18. The Balaban J connectivity index is 2.79. The fourth-order valence-electron chi connectivity index (χ4n) is 2.43. The minimum Gasteiger partial charge on any atom is -0.497 e. The molecule has 0 aliphatic rings. The van der Waals surface area contributed by atoms with Crippen LogP contribution >= 0.6 is 0 Å². The second-order valence-electron chi connectivity index (χ2n) is 6.47. The van der Waals surface area contributed by atoms with Gasteiger partial charge in [0.1, 0.15) is 11.5 Å². The monoisotopic (exact) mass is 280 g/mol. The van der Waals surface area contributed by atoms with Crippen molar-refractivity contribution in [3.63, 3.8) is 0 Å². The number of methoxy groups -OCH3 is 2. The molecule has 1 atom stereocenters. The van der Waals surface area contributed by atoms with Gasteiger partial charge in [-0.3, -0.25) is 0 Å². The molecule has 1 aromatic rings. The molecule has 1 aromatic carbocycles. The van der Waals surface area contributed by atoms with Gasteiger partial charge in [0.25, 0.3) is 0 Å². The molecular weight excluding hydrogens is 252 g/mol. The normalized spacial score (nSPS) is 13.4. The molecule has 2 N–H and O–H groups in total. The first kappa shape index (κ1) is 16.8. The molecule has 1 rings (SSSR count). The number of hydrogen-bond donors (Lipinski definition) is 1. The smallest absolute Gasteiger partial charge is 0.127 e. The molecule has 4 heteroatoms. The topological polar surface area (TPSA) is 47.7 Å². The van der Waals surface area contributed by atoms with Crippen molar-refractivity contribution in [3.8, 4) is 11.5 Å². The number of ether oxygens (including phenoxy) is 2. The summed E-state index contributed by atoms with van der Waals surface area (Å²) in [6, 6.07) is 5.69. The Morgan fingerprint density at radius 1 is 1.20 bits per heavy atom. The van der Waals surface area contributed by atoms with E-state index in [1.54, 1.807) is 14.2 Å². The first-order valence-electron chi connectivity index (χ1n) is 6.93. The lowest BCUT2D eigenvalue weighted by Gasteiger charge is -2.29. The van der Waals surface area contributed by atoms with Gasteiger partial charge in [-0.1, -0.05) is 26.8 Å². The van der Waals surface area contributed by atoms with Crippen LogP contribution in [0.2, 0.25) is 0 Å². The van der Waals surface area contributed by atoms with Gasteiger partial charge >= 0.3 is 0 Å². The largest absolute Gasteiger partial charge is 0.497 e. The van der Waals surface area contributed by atoms with Crippen LogP contribution in [0.1, 0.15) is 32.4 Å². The molecule has 0 heterocycles. The fourth-order valence-corrected chi connectivity index (χ4v) is 2.43. The average molecular weight is 280 g/mol. The lowest BCUT2D eigenvalue weighted by Crippen LogP contribution is -2.35. The van der Waals surface area contributed by atoms with Crippen LogP contribution < -0.4 is 15.2 Å². The molecular formula is C16H28N2O2. The lowest BCUT2D eigenvalue weighted by atomic mass is 9.95. The minimum atomic E-state index is -0.0804. The summed E-state index contributed by atoms with van der Waals surface area (Å²) < 4.78 is 10.6. The Morgan fingerprint density at radius 2 is 1.85 bits per heavy atom. The second kappa shape index (κ2) is 6.95. The molecule has 20 heavy (non-hydrogen) atoms. The van der Waals surface area contributed by atoms with E-state index in [2.05, 4.69) is 32.7 Å². The van der Waals surface area contributed by atoms with E-state index in [0.29, 0.717) is 0 Å². The van der Waals surface area contributed by atoms with Crippen LogP contribution in [0.15, 0.2) is 18.2 Å². The van der Waals surface area contributed by atoms with Gasteiger partial charge in [0.2, 0.25) is 0 Å². The molecule has 0 saturated carbocycles. The third kappa shape index (κ3) is 5.02. The summed E-state index contributed by atoms with van der Waals surface area (Å²) in [5.41, 5.74) is 7.59. The average Bonchev–Trinajstić information content (AvgIpc) is 2.35. The van der Waals surface area contributed by atoms with Crippen LogP contribution in [-0.4, -0.2) is 39.3 Å². The first-order valence-corrected chi connectivity index (χ1v) is 6.93. The highest BCUT2D eigenvalue weighted by Crippen LogP contribution is 2.29. The van der Waals surface area contributed by atoms with Crippen LogP contribution in [0.25, 0.3) is 0 Å². The van der Waals surface area contributed by atoms with Gasteiger partial charge < -0.3 is 20.1 Å². The number of rotatable bonds is 6. The maximum Gasteiger partial charge on any atom is 0.127 e. The van der Waals surface area contributed by atoms with Crippen LogP contribution in [0, 0.1) is 5.41 Å². The maximum absolute atomic E-state index is 6.32. The van der Waals surface area contributed by atoms with E-state index in [1.165, 1.54) is 0 Å². The van der Waals surface area contributed by atoms with Crippen molar-refractivity contribution in [2.75, 3.05) is 34.4 Å².